The van der Waals surface area contributed by atoms with Crippen molar-refractivity contribution in [3.63, 3.8) is 0 Å². The van der Waals surface area contributed by atoms with E-state index in [2.05, 4.69) is 5.32 Å². The minimum atomic E-state index is -0.956. The number of rotatable bonds is 2. The number of hydrogen-bond acceptors (Lipinski definition) is 2. The van der Waals surface area contributed by atoms with Gasteiger partial charge in [0.05, 0.1) is 5.56 Å². The number of hydrogen-bond donors (Lipinski definition) is 2. The van der Waals surface area contributed by atoms with E-state index < -0.39 is 5.97 Å². The average Bonchev–Trinajstić information content (AvgIpc) is 2.36. The second-order valence-electron chi connectivity index (χ2n) is 3.66. The highest BCUT2D eigenvalue weighted by Crippen LogP contribution is 2.18. The SMILES string of the molecule is CNC(=O)c1ccc2cc(C(=O)O)ccc2c1. The Morgan fingerprint density at radius 3 is 2.06 bits per heavy atom. The summed E-state index contributed by atoms with van der Waals surface area (Å²) in [6.07, 6.45) is 0. The van der Waals surface area contributed by atoms with E-state index in [1.54, 1.807) is 37.4 Å². The molecule has 0 saturated heterocycles. The molecule has 0 unspecified atom stereocenters. The summed E-state index contributed by atoms with van der Waals surface area (Å²) in [6.45, 7) is 0. The average molecular weight is 229 g/mol. The molecule has 0 aliphatic heterocycles. The van der Waals surface area contributed by atoms with Gasteiger partial charge in [0.25, 0.3) is 5.91 Å². The van der Waals surface area contributed by atoms with Crippen LogP contribution in [0.25, 0.3) is 10.8 Å². The molecule has 0 aliphatic rings. The van der Waals surface area contributed by atoms with Crippen LogP contribution in [0.5, 0.6) is 0 Å². The zero-order chi connectivity index (χ0) is 12.4. The number of benzene rings is 2. The van der Waals surface area contributed by atoms with Gasteiger partial charge in [-0.05, 0) is 35.0 Å². The molecule has 4 nitrogen and oxygen atoms in total. The third-order valence-electron chi connectivity index (χ3n) is 2.58. The van der Waals surface area contributed by atoms with E-state index >= 15 is 0 Å². The van der Waals surface area contributed by atoms with E-state index in [9.17, 15) is 9.59 Å². The zero-order valence-electron chi connectivity index (χ0n) is 9.23. The van der Waals surface area contributed by atoms with Crippen molar-refractivity contribution in [2.45, 2.75) is 0 Å². The van der Waals surface area contributed by atoms with E-state index in [-0.39, 0.29) is 11.5 Å². The zero-order valence-corrected chi connectivity index (χ0v) is 9.23. The minimum absolute atomic E-state index is 0.158. The van der Waals surface area contributed by atoms with Gasteiger partial charge < -0.3 is 10.4 Å². The molecular formula is C13H11NO3. The first-order chi connectivity index (χ1) is 8.11. The van der Waals surface area contributed by atoms with Crippen LogP contribution >= 0.6 is 0 Å². The summed E-state index contributed by atoms with van der Waals surface area (Å²) in [7, 11) is 1.57. The number of carboxylic acid groups (broad SMARTS) is 1. The number of nitrogens with one attached hydrogen (secondary N) is 1. The molecule has 0 atom stereocenters. The van der Waals surface area contributed by atoms with Crippen LogP contribution in [0.2, 0.25) is 0 Å². The molecule has 1 amide bonds. The van der Waals surface area contributed by atoms with Crippen molar-refractivity contribution < 1.29 is 14.7 Å². The quantitative estimate of drug-likeness (QED) is 0.826. The van der Waals surface area contributed by atoms with Crippen molar-refractivity contribution in [3.8, 4) is 0 Å². The summed E-state index contributed by atoms with van der Waals surface area (Å²) >= 11 is 0. The predicted octanol–water partition coefficient (Wildman–Crippen LogP) is 1.90. The number of aromatic carboxylic acids is 1. The molecule has 0 aliphatic carbocycles. The van der Waals surface area contributed by atoms with Crippen LogP contribution in [0, 0.1) is 0 Å². The van der Waals surface area contributed by atoms with Crippen LogP contribution in [0.3, 0.4) is 0 Å². The van der Waals surface area contributed by atoms with Gasteiger partial charge in [-0.3, -0.25) is 4.79 Å². The Balaban J connectivity index is 2.54. The summed E-state index contributed by atoms with van der Waals surface area (Å²) in [6, 6.07) is 9.97. The lowest BCUT2D eigenvalue weighted by Crippen LogP contribution is -2.17. The van der Waals surface area contributed by atoms with Crippen molar-refractivity contribution >= 4 is 22.6 Å². The molecule has 86 valence electrons. The number of fused-ring (bicyclic) bond motifs is 1. The Morgan fingerprint density at radius 1 is 1.00 bits per heavy atom. The molecule has 0 spiro atoms. The number of carbonyl (C=O) groups excluding carboxylic acids is 1. The number of carboxylic acids is 1. The molecule has 0 saturated carbocycles. The summed E-state index contributed by atoms with van der Waals surface area (Å²) in [5, 5.41) is 13.1. The molecule has 2 N–H and O–H groups in total. The monoisotopic (exact) mass is 229 g/mol. The fourth-order valence-corrected chi connectivity index (χ4v) is 1.66. The normalized spacial score (nSPS) is 10.2. The molecule has 2 rings (SSSR count). The fraction of sp³-hybridized carbons (Fsp3) is 0.0769. The molecular weight excluding hydrogens is 218 g/mol. The minimum Gasteiger partial charge on any atom is -0.478 e. The van der Waals surface area contributed by atoms with E-state index in [1.165, 1.54) is 6.07 Å². The highest BCUT2D eigenvalue weighted by molar-refractivity contribution is 6.00. The van der Waals surface area contributed by atoms with Crippen LogP contribution in [-0.2, 0) is 0 Å². The van der Waals surface area contributed by atoms with Gasteiger partial charge in [0.2, 0.25) is 0 Å². The standard InChI is InChI=1S/C13H11NO3/c1-14-12(15)10-4-2-9-7-11(13(16)17)5-3-8(9)6-10/h2-7H,1H3,(H,14,15)(H,16,17). The third-order valence-corrected chi connectivity index (χ3v) is 2.58. The molecule has 4 heteroatoms. The Kier molecular flexibility index (Phi) is 2.78. The maximum absolute atomic E-state index is 11.4. The Bertz CT molecular complexity index is 605. The molecule has 2 aromatic carbocycles. The number of carbonyl (C=O) groups is 2. The Morgan fingerprint density at radius 2 is 1.53 bits per heavy atom. The largest absolute Gasteiger partial charge is 0.478 e. The van der Waals surface area contributed by atoms with Gasteiger partial charge in [-0.1, -0.05) is 12.1 Å². The van der Waals surface area contributed by atoms with Crippen LogP contribution < -0.4 is 5.32 Å². The second kappa shape index (κ2) is 4.25. The lowest BCUT2D eigenvalue weighted by atomic mass is 10.0. The highest BCUT2D eigenvalue weighted by atomic mass is 16.4. The lowest BCUT2D eigenvalue weighted by Gasteiger charge is -2.03. The molecule has 0 fully saturated rings. The summed E-state index contributed by atoms with van der Waals surface area (Å²) in [5.74, 6) is -1.11. The smallest absolute Gasteiger partial charge is 0.335 e. The van der Waals surface area contributed by atoms with Gasteiger partial charge in [0.1, 0.15) is 0 Å². The van der Waals surface area contributed by atoms with E-state index in [1.807, 2.05) is 0 Å². The van der Waals surface area contributed by atoms with Crippen molar-refractivity contribution in [1.82, 2.24) is 5.32 Å². The van der Waals surface area contributed by atoms with Crippen molar-refractivity contribution in [2.24, 2.45) is 0 Å². The van der Waals surface area contributed by atoms with Crippen LogP contribution in [-0.4, -0.2) is 24.0 Å². The van der Waals surface area contributed by atoms with Crippen LogP contribution in [0.1, 0.15) is 20.7 Å². The maximum atomic E-state index is 11.4. The van der Waals surface area contributed by atoms with E-state index in [0.29, 0.717) is 5.56 Å². The van der Waals surface area contributed by atoms with E-state index in [4.69, 9.17) is 5.11 Å². The predicted molar refractivity (Wildman–Crippen MR) is 64.3 cm³/mol. The van der Waals surface area contributed by atoms with Crippen LogP contribution in [0.4, 0.5) is 0 Å². The van der Waals surface area contributed by atoms with Gasteiger partial charge in [-0.2, -0.15) is 0 Å². The first kappa shape index (κ1) is 11.1. The van der Waals surface area contributed by atoms with Gasteiger partial charge in [-0.15, -0.1) is 0 Å². The molecule has 0 aromatic heterocycles. The van der Waals surface area contributed by atoms with Crippen LogP contribution in [0.15, 0.2) is 36.4 Å². The number of amides is 1. The fourth-order valence-electron chi connectivity index (χ4n) is 1.66. The van der Waals surface area contributed by atoms with Gasteiger partial charge in [-0.25, -0.2) is 4.79 Å². The Hall–Kier alpha value is -2.36. The molecule has 2 aromatic rings. The summed E-state index contributed by atoms with van der Waals surface area (Å²) in [4.78, 5) is 22.2. The van der Waals surface area contributed by atoms with Gasteiger partial charge in [0, 0.05) is 12.6 Å². The van der Waals surface area contributed by atoms with Crippen molar-refractivity contribution in [1.29, 1.82) is 0 Å². The first-order valence-electron chi connectivity index (χ1n) is 5.11. The highest BCUT2D eigenvalue weighted by Gasteiger charge is 2.06. The van der Waals surface area contributed by atoms with Crippen molar-refractivity contribution in [2.75, 3.05) is 7.05 Å². The second-order valence-corrected chi connectivity index (χ2v) is 3.66. The molecule has 0 heterocycles. The summed E-state index contributed by atoms with van der Waals surface area (Å²) < 4.78 is 0. The first-order valence-corrected chi connectivity index (χ1v) is 5.11. The van der Waals surface area contributed by atoms with Gasteiger partial charge in [0.15, 0.2) is 0 Å². The third kappa shape index (κ3) is 2.10. The molecule has 17 heavy (non-hydrogen) atoms. The molecule has 0 radical (unpaired) electrons. The molecule has 0 bridgehead atoms. The topological polar surface area (TPSA) is 66.4 Å². The van der Waals surface area contributed by atoms with Crippen molar-refractivity contribution in [3.05, 3.63) is 47.5 Å². The van der Waals surface area contributed by atoms with Gasteiger partial charge >= 0.3 is 5.97 Å². The lowest BCUT2D eigenvalue weighted by molar-refractivity contribution is 0.0696. The maximum Gasteiger partial charge on any atom is 0.335 e. The Labute approximate surface area is 97.9 Å². The van der Waals surface area contributed by atoms with E-state index in [0.717, 1.165) is 10.8 Å². The summed E-state index contributed by atoms with van der Waals surface area (Å²) in [5.41, 5.74) is 0.799.